The Labute approximate surface area is 83.8 Å². The number of thiocarbonyl (C=S) groups is 1. The van der Waals surface area contributed by atoms with Crippen molar-refractivity contribution in [1.29, 1.82) is 0 Å². The summed E-state index contributed by atoms with van der Waals surface area (Å²) in [5.74, 6) is 0. The number of nitrogens with two attached hydrogens (primary N) is 1. The van der Waals surface area contributed by atoms with Crippen LogP contribution in [0.2, 0.25) is 0 Å². The third-order valence-corrected chi connectivity index (χ3v) is 1.88. The molecule has 0 aromatic carbocycles. The molecular weight excluding hydrogens is 188 g/mol. The van der Waals surface area contributed by atoms with Gasteiger partial charge in [-0.2, -0.15) is 0 Å². The Morgan fingerprint density at radius 2 is 2.00 bits per heavy atom. The van der Waals surface area contributed by atoms with E-state index in [1.807, 2.05) is 0 Å². The number of carbonyl (C=O) groups is 1. The summed E-state index contributed by atoms with van der Waals surface area (Å²) >= 11 is 4.77. The third-order valence-electron chi connectivity index (χ3n) is 1.37. The van der Waals surface area contributed by atoms with Gasteiger partial charge in [0.25, 0.3) is 0 Å². The van der Waals surface area contributed by atoms with Crippen molar-refractivity contribution < 1.29 is 9.53 Å². The van der Waals surface area contributed by atoms with Gasteiger partial charge < -0.3 is 15.8 Å². The van der Waals surface area contributed by atoms with E-state index >= 15 is 0 Å². The molecule has 0 aromatic heterocycles. The number of hydrogen-bond donors (Lipinski definition) is 2. The van der Waals surface area contributed by atoms with Gasteiger partial charge in [-0.25, -0.2) is 4.79 Å². The largest absolute Gasteiger partial charge is 0.447 e. The molecule has 4 nitrogen and oxygen atoms in total. The van der Waals surface area contributed by atoms with Gasteiger partial charge in [-0.05, 0) is 27.7 Å². The lowest BCUT2D eigenvalue weighted by atomic mass is 10.1. The molecule has 5 heteroatoms. The van der Waals surface area contributed by atoms with Crippen LogP contribution < -0.4 is 11.1 Å². The molecule has 0 atom stereocenters. The predicted molar refractivity (Wildman–Crippen MR) is 55.6 cm³/mol. The first-order valence-corrected chi connectivity index (χ1v) is 4.45. The molecule has 0 fully saturated rings. The van der Waals surface area contributed by atoms with Crippen LogP contribution in [0.25, 0.3) is 0 Å². The summed E-state index contributed by atoms with van der Waals surface area (Å²) in [4.78, 5) is 11.4. The van der Waals surface area contributed by atoms with E-state index in [-0.39, 0.29) is 11.1 Å². The lowest BCUT2D eigenvalue weighted by Crippen LogP contribution is -2.52. The van der Waals surface area contributed by atoms with Gasteiger partial charge in [0.05, 0.1) is 16.6 Å². The van der Waals surface area contributed by atoms with E-state index in [0.717, 1.165) is 0 Å². The molecule has 0 aliphatic carbocycles. The van der Waals surface area contributed by atoms with Gasteiger partial charge in [0.2, 0.25) is 0 Å². The molecule has 0 radical (unpaired) electrons. The van der Waals surface area contributed by atoms with Crippen molar-refractivity contribution in [2.24, 2.45) is 5.73 Å². The van der Waals surface area contributed by atoms with Gasteiger partial charge in [-0.15, -0.1) is 0 Å². The van der Waals surface area contributed by atoms with E-state index in [4.69, 9.17) is 22.7 Å². The van der Waals surface area contributed by atoms with E-state index < -0.39 is 11.6 Å². The van der Waals surface area contributed by atoms with E-state index in [2.05, 4.69) is 5.32 Å². The van der Waals surface area contributed by atoms with Crippen molar-refractivity contribution in [2.45, 2.75) is 39.3 Å². The van der Waals surface area contributed by atoms with Crippen molar-refractivity contribution in [3.05, 3.63) is 0 Å². The van der Waals surface area contributed by atoms with Crippen LogP contribution in [0.4, 0.5) is 4.79 Å². The first-order valence-electron chi connectivity index (χ1n) is 4.04. The van der Waals surface area contributed by atoms with E-state index in [0.29, 0.717) is 0 Å². The normalized spacial score (nSPS) is 11.2. The van der Waals surface area contributed by atoms with Crippen LogP contribution in [0, 0.1) is 0 Å². The zero-order valence-electron chi connectivity index (χ0n) is 8.38. The highest BCUT2D eigenvalue weighted by atomic mass is 32.1. The zero-order valence-corrected chi connectivity index (χ0v) is 9.20. The van der Waals surface area contributed by atoms with Gasteiger partial charge in [-0.1, -0.05) is 12.2 Å². The average molecular weight is 204 g/mol. The van der Waals surface area contributed by atoms with E-state index in [1.165, 1.54) is 0 Å². The molecule has 0 unspecified atom stereocenters. The minimum absolute atomic E-state index is 0.151. The molecule has 0 heterocycles. The Morgan fingerprint density at radius 3 is 2.31 bits per heavy atom. The molecule has 1 amide bonds. The second kappa shape index (κ2) is 4.41. The Morgan fingerprint density at radius 1 is 1.54 bits per heavy atom. The molecule has 13 heavy (non-hydrogen) atoms. The van der Waals surface area contributed by atoms with Crippen LogP contribution in [0.1, 0.15) is 27.7 Å². The number of alkyl carbamates (subject to hydrolysis) is 1. The SMILES string of the molecule is CC(C)OC(=O)NC(C)(C)C(N)=S. The highest BCUT2D eigenvalue weighted by molar-refractivity contribution is 7.80. The van der Waals surface area contributed by atoms with Crippen LogP contribution >= 0.6 is 12.2 Å². The Bertz CT molecular complexity index is 214. The highest BCUT2D eigenvalue weighted by Gasteiger charge is 2.24. The molecule has 0 aliphatic rings. The number of hydrogen-bond acceptors (Lipinski definition) is 3. The van der Waals surface area contributed by atoms with Crippen LogP contribution in [-0.4, -0.2) is 22.7 Å². The number of ether oxygens (including phenoxy) is 1. The fourth-order valence-electron chi connectivity index (χ4n) is 0.560. The number of nitrogens with one attached hydrogen (secondary N) is 1. The minimum Gasteiger partial charge on any atom is -0.447 e. The zero-order chi connectivity index (χ0) is 10.6. The number of rotatable bonds is 3. The van der Waals surface area contributed by atoms with Crippen LogP contribution in [-0.2, 0) is 4.74 Å². The smallest absolute Gasteiger partial charge is 0.408 e. The van der Waals surface area contributed by atoms with Crippen molar-refractivity contribution in [3.8, 4) is 0 Å². The van der Waals surface area contributed by atoms with Crippen LogP contribution in [0.15, 0.2) is 0 Å². The van der Waals surface area contributed by atoms with Crippen molar-refractivity contribution >= 4 is 23.3 Å². The lowest BCUT2D eigenvalue weighted by Gasteiger charge is -2.24. The predicted octanol–water partition coefficient (Wildman–Crippen LogP) is 1.19. The van der Waals surface area contributed by atoms with E-state index in [1.54, 1.807) is 27.7 Å². The van der Waals surface area contributed by atoms with Gasteiger partial charge in [0.15, 0.2) is 0 Å². The lowest BCUT2D eigenvalue weighted by molar-refractivity contribution is 0.111. The average Bonchev–Trinajstić information content (AvgIpc) is 1.82. The molecule has 0 aliphatic heterocycles. The summed E-state index contributed by atoms with van der Waals surface area (Å²) in [6, 6.07) is 0. The van der Waals surface area contributed by atoms with Crippen molar-refractivity contribution in [3.63, 3.8) is 0 Å². The molecular formula is C8H16N2O2S. The number of amides is 1. The summed E-state index contributed by atoms with van der Waals surface area (Å²) in [6.45, 7) is 6.98. The maximum atomic E-state index is 11.1. The monoisotopic (exact) mass is 204 g/mol. The quantitative estimate of drug-likeness (QED) is 0.678. The van der Waals surface area contributed by atoms with Gasteiger partial charge >= 0.3 is 6.09 Å². The van der Waals surface area contributed by atoms with Crippen molar-refractivity contribution in [2.75, 3.05) is 0 Å². The molecule has 0 saturated heterocycles. The molecule has 76 valence electrons. The topological polar surface area (TPSA) is 64.3 Å². The maximum Gasteiger partial charge on any atom is 0.408 e. The third kappa shape index (κ3) is 4.67. The first-order chi connectivity index (χ1) is 5.75. The molecule has 0 saturated carbocycles. The molecule has 0 bridgehead atoms. The highest BCUT2D eigenvalue weighted by Crippen LogP contribution is 2.03. The first kappa shape index (κ1) is 12.2. The fourth-order valence-corrected chi connectivity index (χ4v) is 0.611. The fraction of sp³-hybridized carbons (Fsp3) is 0.750. The summed E-state index contributed by atoms with van der Waals surface area (Å²) in [5, 5.41) is 2.56. The van der Waals surface area contributed by atoms with Gasteiger partial charge in [-0.3, -0.25) is 0 Å². The Hall–Kier alpha value is -0.840. The standard InChI is InChI=1S/C8H16N2O2S/c1-5(2)12-7(11)10-8(3,4)6(9)13/h5H,1-4H3,(H2,9,13)(H,10,11). The summed E-state index contributed by atoms with van der Waals surface area (Å²) in [5.41, 5.74) is 4.70. The van der Waals surface area contributed by atoms with Crippen LogP contribution in [0.5, 0.6) is 0 Å². The Balaban J connectivity index is 4.12. The Kier molecular flexibility index (Phi) is 4.13. The van der Waals surface area contributed by atoms with E-state index in [9.17, 15) is 4.79 Å². The van der Waals surface area contributed by atoms with Crippen LogP contribution in [0.3, 0.4) is 0 Å². The molecule has 0 spiro atoms. The molecule has 0 rings (SSSR count). The second-order valence-electron chi connectivity index (χ2n) is 3.57. The summed E-state index contributed by atoms with van der Waals surface area (Å²) < 4.78 is 4.87. The number of carbonyl (C=O) groups excluding carboxylic acids is 1. The second-order valence-corrected chi connectivity index (χ2v) is 4.01. The summed E-state index contributed by atoms with van der Waals surface area (Å²) in [6.07, 6.45) is -0.657. The van der Waals surface area contributed by atoms with Gasteiger partial charge in [0, 0.05) is 0 Å². The maximum absolute atomic E-state index is 11.1. The molecule has 3 N–H and O–H groups in total. The molecule has 0 aromatic rings. The summed E-state index contributed by atoms with van der Waals surface area (Å²) in [7, 11) is 0. The van der Waals surface area contributed by atoms with Crippen molar-refractivity contribution in [1.82, 2.24) is 5.32 Å². The van der Waals surface area contributed by atoms with Gasteiger partial charge in [0.1, 0.15) is 0 Å². The minimum atomic E-state index is -0.707.